The Labute approximate surface area is 373 Å². The first kappa shape index (κ1) is 37.3. The zero-order valence-corrected chi connectivity index (χ0v) is 35.1. The lowest BCUT2D eigenvalue weighted by Gasteiger charge is -2.28. The lowest BCUT2D eigenvalue weighted by atomic mass is 9.89. The molecule has 11 aromatic carbocycles. The summed E-state index contributed by atoms with van der Waals surface area (Å²) < 4.78 is 2.43. The molecule has 2 heteroatoms. The largest absolute Gasteiger partial charge is 0.308 e. The predicted octanol–water partition coefficient (Wildman–Crippen LogP) is 17.2. The third kappa shape index (κ3) is 6.35. The molecule has 300 valence electrons. The maximum atomic E-state index is 2.45. The molecule has 0 amide bonds. The molecule has 0 saturated carbocycles. The lowest BCUT2D eigenvalue weighted by molar-refractivity contribution is 1.17. The number of para-hydroxylation sites is 3. The van der Waals surface area contributed by atoms with E-state index in [9.17, 15) is 0 Å². The molecular formula is C62H42N2. The van der Waals surface area contributed by atoms with E-state index in [2.05, 4.69) is 264 Å². The topological polar surface area (TPSA) is 8.17 Å². The van der Waals surface area contributed by atoms with Gasteiger partial charge in [0.05, 0.1) is 16.7 Å². The summed E-state index contributed by atoms with van der Waals surface area (Å²) in [6.45, 7) is 0. The Kier molecular flexibility index (Phi) is 9.20. The number of fused-ring (bicyclic) bond motifs is 6. The van der Waals surface area contributed by atoms with Gasteiger partial charge in [0.25, 0.3) is 0 Å². The fourth-order valence-corrected chi connectivity index (χ4v) is 9.91. The number of nitrogens with zero attached hydrogens (tertiary/aromatic N) is 2. The summed E-state index contributed by atoms with van der Waals surface area (Å²) in [4.78, 5) is 2.45. The SMILES string of the molecule is c1ccc(-c2ccccc2-c2ccccc2-c2ccc(N(c3cccc(-c4cccc5c4ccc4ccccc45)c3)c3cccc4c5ccccc5n(-c5ccccc5)c34)cc2)cc1. The third-order valence-corrected chi connectivity index (χ3v) is 12.8. The zero-order valence-electron chi connectivity index (χ0n) is 35.1. The summed E-state index contributed by atoms with van der Waals surface area (Å²) in [7, 11) is 0. The van der Waals surface area contributed by atoms with Gasteiger partial charge in [-0.2, -0.15) is 0 Å². The van der Waals surface area contributed by atoms with Crippen LogP contribution >= 0.6 is 0 Å². The number of rotatable bonds is 8. The predicted molar refractivity (Wildman–Crippen MR) is 272 cm³/mol. The molecule has 0 atom stereocenters. The molecule has 0 bridgehead atoms. The molecule has 0 unspecified atom stereocenters. The van der Waals surface area contributed by atoms with Crippen molar-refractivity contribution in [2.24, 2.45) is 0 Å². The highest BCUT2D eigenvalue weighted by molar-refractivity contribution is 6.15. The van der Waals surface area contributed by atoms with Crippen molar-refractivity contribution in [3.8, 4) is 50.2 Å². The van der Waals surface area contributed by atoms with Gasteiger partial charge in [0.1, 0.15) is 0 Å². The lowest BCUT2D eigenvalue weighted by Crippen LogP contribution is -2.12. The van der Waals surface area contributed by atoms with Crippen molar-refractivity contribution in [3.05, 3.63) is 255 Å². The van der Waals surface area contributed by atoms with Crippen LogP contribution in [0.2, 0.25) is 0 Å². The van der Waals surface area contributed by atoms with Crippen LogP contribution in [0.3, 0.4) is 0 Å². The molecule has 0 aliphatic rings. The molecule has 1 aromatic heterocycles. The van der Waals surface area contributed by atoms with Crippen LogP contribution in [0.25, 0.3) is 93.5 Å². The van der Waals surface area contributed by atoms with E-state index < -0.39 is 0 Å². The van der Waals surface area contributed by atoms with Gasteiger partial charge >= 0.3 is 0 Å². The van der Waals surface area contributed by atoms with Crippen molar-refractivity contribution in [1.82, 2.24) is 4.57 Å². The minimum Gasteiger partial charge on any atom is -0.308 e. The molecule has 0 N–H and O–H groups in total. The van der Waals surface area contributed by atoms with Crippen LogP contribution in [-0.4, -0.2) is 4.57 Å². The van der Waals surface area contributed by atoms with Gasteiger partial charge in [-0.25, -0.2) is 0 Å². The van der Waals surface area contributed by atoms with Crippen molar-refractivity contribution in [2.75, 3.05) is 4.90 Å². The molecule has 0 spiro atoms. The van der Waals surface area contributed by atoms with E-state index >= 15 is 0 Å². The summed E-state index contributed by atoms with van der Waals surface area (Å²) >= 11 is 0. The number of hydrogen-bond donors (Lipinski definition) is 0. The highest BCUT2D eigenvalue weighted by Crippen LogP contribution is 2.46. The van der Waals surface area contributed by atoms with Crippen LogP contribution in [0.5, 0.6) is 0 Å². The fraction of sp³-hybridized carbons (Fsp3) is 0. The average molecular weight is 815 g/mol. The van der Waals surface area contributed by atoms with E-state index in [0.29, 0.717) is 0 Å². The maximum Gasteiger partial charge on any atom is 0.0782 e. The van der Waals surface area contributed by atoms with Crippen molar-refractivity contribution in [1.29, 1.82) is 0 Å². The highest BCUT2D eigenvalue weighted by Gasteiger charge is 2.22. The first-order valence-electron chi connectivity index (χ1n) is 22.0. The Morgan fingerprint density at radius 1 is 0.281 bits per heavy atom. The monoisotopic (exact) mass is 814 g/mol. The van der Waals surface area contributed by atoms with Gasteiger partial charge in [-0.3, -0.25) is 0 Å². The summed E-state index contributed by atoms with van der Waals surface area (Å²) in [6, 6.07) is 92.7. The molecule has 1 heterocycles. The van der Waals surface area contributed by atoms with Gasteiger partial charge in [0.2, 0.25) is 0 Å². The fourth-order valence-electron chi connectivity index (χ4n) is 9.91. The summed E-state index contributed by atoms with van der Waals surface area (Å²) in [5.74, 6) is 0. The second-order valence-corrected chi connectivity index (χ2v) is 16.4. The van der Waals surface area contributed by atoms with E-state index in [1.807, 2.05) is 0 Å². The summed E-state index contributed by atoms with van der Waals surface area (Å²) in [5.41, 5.74) is 16.3. The van der Waals surface area contributed by atoms with Gasteiger partial charge in [-0.05, 0) is 115 Å². The second kappa shape index (κ2) is 15.8. The third-order valence-electron chi connectivity index (χ3n) is 12.8. The highest BCUT2D eigenvalue weighted by atomic mass is 15.2. The molecule has 0 aliphatic heterocycles. The zero-order chi connectivity index (χ0) is 42.4. The smallest absolute Gasteiger partial charge is 0.0782 e. The number of anilines is 3. The molecular weight excluding hydrogens is 773 g/mol. The number of hydrogen-bond acceptors (Lipinski definition) is 1. The minimum absolute atomic E-state index is 1.07. The first-order valence-corrected chi connectivity index (χ1v) is 22.0. The average Bonchev–Trinajstić information content (AvgIpc) is 3.72. The maximum absolute atomic E-state index is 2.45. The van der Waals surface area contributed by atoms with Crippen LogP contribution in [0, 0.1) is 0 Å². The first-order chi connectivity index (χ1) is 31.8. The van der Waals surface area contributed by atoms with Crippen molar-refractivity contribution in [2.45, 2.75) is 0 Å². The standard InChI is InChI=1S/C62H42N2/c1-3-18-43(19-4-1)50-26-9-11-28-54(50)55-29-12-10-27-52(55)45-36-39-48(40-37-45)63(61-35-17-33-59-58-30-13-14-34-60(58)64(62(59)61)47-22-5-2-6-23-47)49-24-15-21-46(42-49)53-31-16-32-56-51-25-8-7-20-44(51)38-41-57(53)56/h1-42H. The van der Waals surface area contributed by atoms with Crippen LogP contribution < -0.4 is 4.90 Å². The van der Waals surface area contributed by atoms with Crippen molar-refractivity contribution < 1.29 is 0 Å². The number of aromatic nitrogens is 1. The van der Waals surface area contributed by atoms with Crippen LogP contribution in [0.15, 0.2) is 255 Å². The Balaban J connectivity index is 1.06. The van der Waals surface area contributed by atoms with Gasteiger partial charge in [0, 0.05) is 27.8 Å². The van der Waals surface area contributed by atoms with Crippen molar-refractivity contribution >= 4 is 60.4 Å². The minimum atomic E-state index is 1.07. The molecule has 0 radical (unpaired) electrons. The van der Waals surface area contributed by atoms with Gasteiger partial charge in [-0.1, -0.05) is 206 Å². The van der Waals surface area contributed by atoms with E-state index in [1.54, 1.807) is 0 Å². The van der Waals surface area contributed by atoms with E-state index in [4.69, 9.17) is 0 Å². The number of benzene rings is 11. The normalized spacial score (nSPS) is 11.4. The molecule has 0 saturated heterocycles. The molecule has 0 fully saturated rings. The quantitative estimate of drug-likeness (QED) is 0.139. The van der Waals surface area contributed by atoms with E-state index in [0.717, 1.165) is 33.8 Å². The van der Waals surface area contributed by atoms with Crippen LogP contribution in [0.1, 0.15) is 0 Å². The summed E-state index contributed by atoms with van der Waals surface area (Å²) in [6.07, 6.45) is 0. The van der Waals surface area contributed by atoms with E-state index in [-0.39, 0.29) is 0 Å². The summed E-state index contributed by atoms with van der Waals surface area (Å²) in [5, 5.41) is 7.46. The molecule has 12 rings (SSSR count). The Morgan fingerprint density at radius 3 is 1.59 bits per heavy atom. The van der Waals surface area contributed by atoms with E-state index in [1.165, 1.54) is 76.8 Å². The van der Waals surface area contributed by atoms with Crippen molar-refractivity contribution in [3.63, 3.8) is 0 Å². The van der Waals surface area contributed by atoms with Crippen LogP contribution in [-0.2, 0) is 0 Å². The van der Waals surface area contributed by atoms with Gasteiger partial charge in [0.15, 0.2) is 0 Å². The Hall–Kier alpha value is -8.46. The Bertz CT molecular complexity index is 3660. The molecule has 0 aliphatic carbocycles. The second-order valence-electron chi connectivity index (χ2n) is 16.4. The molecule has 2 nitrogen and oxygen atoms in total. The Morgan fingerprint density at radius 2 is 0.828 bits per heavy atom. The molecule has 12 aromatic rings. The molecule has 64 heavy (non-hydrogen) atoms. The van der Waals surface area contributed by atoms with Gasteiger partial charge in [-0.15, -0.1) is 0 Å². The van der Waals surface area contributed by atoms with Gasteiger partial charge < -0.3 is 9.47 Å². The van der Waals surface area contributed by atoms with Crippen LogP contribution in [0.4, 0.5) is 17.1 Å².